The van der Waals surface area contributed by atoms with E-state index in [2.05, 4.69) is 62.0 Å². The first kappa shape index (κ1) is 15.3. The van der Waals surface area contributed by atoms with Crippen LogP contribution in [0.25, 0.3) is 0 Å². The highest BCUT2D eigenvalue weighted by atomic mass is 15.2. The quantitative estimate of drug-likeness (QED) is 0.910. The monoisotopic (exact) mass is 275 g/mol. The highest BCUT2D eigenvalue weighted by Crippen LogP contribution is 2.28. The van der Waals surface area contributed by atoms with Crippen molar-refractivity contribution in [2.24, 2.45) is 5.92 Å². The standard InChI is InChI=1S/C17H29N3/c1-13(2)15-7-6-10-20(15)16-9-8-14(11-18-16)12-19-17(3,4)5/h8-9,11,13,15,19H,6-7,10,12H2,1-5H3. The van der Waals surface area contributed by atoms with Crippen LogP contribution in [0.15, 0.2) is 18.3 Å². The Morgan fingerprint density at radius 3 is 2.65 bits per heavy atom. The van der Waals surface area contributed by atoms with Gasteiger partial charge in [-0.3, -0.25) is 0 Å². The predicted octanol–water partition coefficient (Wildman–Crippen LogP) is 3.59. The number of nitrogens with zero attached hydrogens (tertiary/aromatic N) is 2. The van der Waals surface area contributed by atoms with Gasteiger partial charge in [0.25, 0.3) is 0 Å². The fraction of sp³-hybridized carbons (Fsp3) is 0.706. The van der Waals surface area contributed by atoms with Crippen LogP contribution in [0.2, 0.25) is 0 Å². The molecule has 2 rings (SSSR count). The zero-order chi connectivity index (χ0) is 14.8. The molecule has 0 bridgehead atoms. The molecule has 1 fully saturated rings. The minimum absolute atomic E-state index is 0.149. The van der Waals surface area contributed by atoms with Crippen LogP contribution >= 0.6 is 0 Å². The molecule has 0 amide bonds. The van der Waals surface area contributed by atoms with Gasteiger partial charge < -0.3 is 10.2 Å². The average Bonchev–Trinajstić information content (AvgIpc) is 2.85. The van der Waals surface area contributed by atoms with E-state index in [9.17, 15) is 0 Å². The molecule has 0 radical (unpaired) electrons. The van der Waals surface area contributed by atoms with E-state index < -0.39 is 0 Å². The Kier molecular flexibility index (Phi) is 4.69. The van der Waals surface area contributed by atoms with Crippen molar-refractivity contribution < 1.29 is 0 Å². The molecule has 0 spiro atoms. The minimum Gasteiger partial charge on any atom is -0.353 e. The molecular weight excluding hydrogens is 246 g/mol. The smallest absolute Gasteiger partial charge is 0.128 e. The maximum Gasteiger partial charge on any atom is 0.128 e. The summed E-state index contributed by atoms with van der Waals surface area (Å²) in [6, 6.07) is 5.04. The van der Waals surface area contributed by atoms with Gasteiger partial charge in [-0.2, -0.15) is 0 Å². The van der Waals surface area contributed by atoms with Crippen LogP contribution in [0.5, 0.6) is 0 Å². The molecule has 1 aromatic rings. The molecule has 3 nitrogen and oxygen atoms in total. The summed E-state index contributed by atoms with van der Waals surface area (Å²) in [7, 11) is 0. The van der Waals surface area contributed by atoms with Gasteiger partial charge in [-0.05, 0) is 51.2 Å². The fourth-order valence-electron chi connectivity index (χ4n) is 2.83. The molecule has 0 saturated carbocycles. The van der Waals surface area contributed by atoms with Crippen molar-refractivity contribution in [1.82, 2.24) is 10.3 Å². The number of pyridine rings is 1. The molecule has 1 saturated heterocycles. The molecule has 2 heterocycles. The molecule has 1 aliphatic heterocycles. The van der Waals surface area contributed by atoms with E-state index in [1.165, 1.54) is 18.4 Å². The van der Waals surface area contributed by atoms with Crippen molar-refractivity contribution in [2.45, 2.75) is 65.6 Å². The largest absolute Gasteiger partial charge is 0.353 e. The van der Waals surface area contributed by atoms with E-state index >= 15 is 0 Å². The number of nitrogens with one attached hydrogen (secondary N) is 1. The van der Waals surface area contributed by atoms with E-state index in [-0.39, 0.29) is 5.54 Å². The number of aromatic nitrogens is 1. The molecule has 1 aliphatic rings. The summed E-state index contributed by atoms with van der Waals surface area (Å²) in [4.78, 5) is 7.16. The van der Waals surface area contributed by atoms with E-state index in [4.69, 9.17) is 0 Å². The Bertz CT molecular complexity index is 417. The summed E-state index contributed by atoms with van der Waals surface area (Å²) in [5.74, 6) is 1.84. The molecule has 20 heavy (non-hydrogen) atoms. The van der Waals surface area contributed by atoms with Crippen LogP contribution in [-0.2, 0) is 6.54 Å². The first-order valence-corrected chi connectivity index (χ1v) is 7.83. The molecule has 0 aromatic carbocycles. The third kappa shape index (κ3) is 3.95. The Morgan fingerprint density at radius 1 is 1.35 bits per heavy atom. The lowest BCUT2D eigenvalue weighted by molar-refractivity contribution is 0.424. The van der Waals surface area contributed by atoms with Gasteiger partial charge >= 0.3 is 0 Å². The number of hydrogen-bond donors (Lipinski definition) is 1. The Morgan fingerprint density at radius 2 is 2.10 bits per heavy atom. The second-order valence-electron chi connectivity index (χ2n) is 7.28. The summed E-state index contributed by atoms with van der Waals surface area (Å²) in [6.07, 6.45) is 4.61. The maximum atomic E-state index is 4.68. The summed E-state index contributed by atoms with van der Waals surface area (Å²) < 4.78 is 0. The van der Waals surface area contributed by atoms with Crippen molar-refractivity contribution in [3.8, 4) is 0 Å². The highest BCUT2D eigenvalue weighted by molar-refractivity contribution is 5.42. The van der Waals surface area contributed by atoms with Crippen LogP contribution in [0.4, 0.5) is 5.82 Å². The third-order valence-electron chi connectivity index (χ3n) is 4.00. The second kappa shape index (κ2) is 6.13. The summed E-state index contributed by atoms with van der Waals surface area (Å²) in [5.41, 5.74) is 1.40. The predicted molar refractivity (Wildman–Crippen MR) is 86.0 cm³/mol. The summed E-state index contributed by atoms with van der Waals surface area (Å²) in [5, 5.41) is 3.50. The number of anilines is 1. The average molecular weight is 275 g/mol. The van der Waals surface area contributed by atoms with Crippen molar-refractivity contribution in [3.63, 3.8) is 0 Å². The van der Waals surface area contributed by atoms with Gasteiger partial charge in [0.15, 0.2) is 0 Å². The minimum atomic E-state index is 0.149. The van der Waals surface area contributed by atoms with Gasteiger partial charge in [-0.1, -0.05) is 19.9 Å². The fourth-order valence-corrected chi connectivity index (χ4v) is 2.83. The van der Waals surface area contributed by atoms with Crippen molar-refractivity contribution in [1.29, 1.82) is 0 Å². The first-order valence-electron chi connectivity index (χ1n) is 7.83. The van der Waals surface area contributed by atoms with Crippen LogP contribution in [0.3, 0.4) is 0 Å². The van der Waals surface area contributed by atoms with Gasteiger partial charge in [-0.25, -0.2) is 4.98 Å². The van der Waals surface area contributed by atoms with Gasteiger partial charge in [-0.15, -0.1) is 0 Å². The topological polar surface area (TPSA) is 28.2 Å². The molecular formula is C17H29N3. The molecule has 1 N–H and O–H groups in total. The van der Waals surface area contributed by atoms with E-state index in [0.29, 0.717) is 12.0 Å². The van der Waals surface area contributed by atoms with Crippen molar-refractivity contribution >= 4 is 5.82 Å². The maximum absolute atomic E-state index is 4.68. The molecule has 0 aliphatic carbocycles. The number of rotatable bonds is 4. The van der Waals surface area contributed by atoms with E-state index in [1.54, 1.807) is 0 Å². The molecule has 1 aromatic heterocycles. The van der Waals surface area contributed by atoms with Gasteiger partial charge in [0, 0.05) is 30.9 Å². The summed E-state index contributed by atoms with van der Waals surface area (Å²) in [6.45, 7) is 13.2. The lowest BCUT2D eigenvalue weighted by Gasteiger charge is -2.28. The first-order chi connectivity index (χ1) is 9.37. The van der Waals surface area contributed by atoms with Crippen LogP contribution in [0.1, 0.15) is 53.0 Å². The van der Waals surface area contributed by atoms with Crippen LogP contribution in [-0.4, -0.2) is 23.1 Å². The summed E-state index contributed by atoms with van der Waals surface area (Å²) >= 11 is 0. The SMILES string of the molecule is CC(C)C1CCCN1c1ccc(CNC(C)(C)C)cn1. The number of hydrogen-bond acceptors (Lipinski definition) is 3. The lowest BCUT2D eigenvalue weighted by Crippen LogP contribution is -2.35. The van der Waals surface area contributed by atoms with Gasteiger partial charge in [0.05, 0.1) is 0 Å². The third-order valence-corrected chi connectivity index (χ3v) is 4.00. The van der Waals surface area contributed by atoms with E-state index in [1.807, 2.05) is 6.20 Å². The molecule has 3 heteroatoms. The lowest BCUT2D eigenvalue weighted by atomic mass is 10.0. The van der Waals surface area contributed by atoms with E-state index in [0.717, 1.165) is 18.9 Å². The Balaban J connectivity index is 2.01. The second-order valence-corrected chi connectivity index (χ2v) is 7.28. The van der Waals surface area contributed by atoms with Gasteiger partial charge in [0.1, 0.15) is 5.82 Å². The zero-order valence-corrected chi connectivity index (χ0v) is 13.6. The normalized spacial score (nSPS) is 19.9. The zero-order valence-electron chi connectivity index (χ0n) is 13.6. The molecule has 1 unspecified atom stereocenters. The van der Waals surface area contributed by atoms with Crippen LogP contribution < -0.4 is 10.2 Å². The molecule has 112 valence electrons. The molecule has 1 atom stereocenters. The van der Waals surface area contributed by atoms with Crippen molar-refractivity contribution in [2.75, 3.05) is 11.4 Å². The van der Waals surface area contributed by atoms with Crippen LogP contribution in [0, 0.1) is 5.92 Å². The van der Waals surface area contributed by atoms with Gasteiger partial charge in [0.2, 0.25) is 0 Å². The van der Waals surface area contributed by atoms with Crippen molar-refractivity contribution in [3.05, 3.63) is 23.9 Å². The Labute approximate surface area is 123 Å². The highest BCUT2D eigenvalue weighted by Gasteiger charge is 2.27. The Hall–Kier alpha value is -1.09.